The fourth-order valence-electron chi connectivity index (χ4n) is 3.22. The highest BCUT2D eigenvalue weighted by Gasteiger charge is 2.29. The molecular formula is C20H23ClN2O. The summed E-state index contributed by atoms with van der Waals surface area (Å²) in [7, 11) is 2.12. The van der Waals surface area contributed by atoms with Crippen LogP contribution in [0.1, 0.15) is 23.6 Å². The Bertz CT molecular complexity index is 672. The van der Waals surface area contributed by atoms with E-state index in [1.165, 1.54) is 5.56 Å². The van der Waals surface area contributed by atoms with Crippen molar-refractivity contribution in [2.45, 2.75) is 18.9 Å². The molecule has 1 saturated heterocycles. The van der Waals surface area contributed by atoms with Crippen molar-refractivity contribution in [3.8, 4) is 0 Å². The van der Waals surface area contributed by atoms with Gasteiger partial charge in [-0.15, -0.1) is 0 Å². The van der Waals surface area contributed by atoms with Crippen LogP contribution in [-0.2, 0) is 11.2 Å². The van der Waals surface area contributed by atoms with Gasteiger partial charge in [0.2, 0.25) is 5.91 Å². The van der Waals surface area contributed by atoms with E-state index in [-0.39, 0.29) is 11.9 Å². The van der Waals surface area contributed by atoms with Gasteiger partial charge in [0, 0.05) is 31.1 Å². The van der Waals surface area contributed by atoms with Gasteiger partial charge < -0.3 is 9.80 Å². The first-order valence-corrected chi connectivity index (χ1v) is 8.78. The van der Waals surface area contributed by atoms with Crippen LogP contribution in [0, 0.1) is 0 Å². The molecule has 1 amide bonds. The van der Waals surface area contributed by atoms with E-state index in [1.54, 1.807) is 0 Å². The molecule has 0 spiro atoms. The van der Waals surface area contributed by atoms with Crippen LogP contribution in [0.25, 0.3) is 0 Å². The molecule has 3 rings (SSSR count). The van der Waals surface area contributed by atoms with Crippen molar-refractivity contribution in [3.05, 3.63) is 70.7 Å². The number of rotatable bonds is 4. The summed E-state index contributed by atoms with van der Waals surface area (Å²) in [6.07, 6.45) is 1.29. The fourth-order valence-corrected chi connectivity index (χ4v) is 3.35. The van der Waals surface area contributed by atoms with Crippen molar-refractivity contribution in [3.63, 3.8) is 0 Å². The Kier molecular flexibility index (Phi) is 5.54. The zero-order valence-electron chi connectivity index (χ0n) is 14.0. The number of piperazine rings is 1. The molecule has 3 nitrogen and oxygen atoms in total. The third-order valence-electron chi connectivity index (χ3n) is 4.63. The predicted octanol–water partition coefficient (Wildman–Crippen LogP) is 3.79. The highest BCUT2D eigenvalue weighted by molar-refractivity contribution is 6.30. The van der Waals surface area contributed by atoms with Crippen LogP contribution in [0.4, 0.5) is 0 Å². The van der Waals surface area contributed by atoms with Gasteiger partial charge in [0.15, 0.2) is 0 Å². The van der Waals surface area contributed by atoms with Crippen LogP contribution in [0.15, 0.2) is 54.6 Å². The molecule has 0 aliphatic carbocycles. The maximum atomic E-state index is 12.8. The molecule has 4 heteroatoms. The molecule has 0 saturated carbocycles. The Morgan fingerprint density at radius 1 is 1.08 bits per heavy atom. The van der Waals surface area contributed by atoms with Crippen LogP contribution in [-0.4, -0.2) is 42.4 Å². The van der Waals surface area contributed by atoms with Crippen molar-refractivity contribution in [2.24, 2.45) is 0 Å². The van der Waals surface area contributed by atoms with E-state index >= 15 is 0 Å². The molecule has 0 bridgehead atoms. The molecule has 24 heavy (non-hydrogen) atoms. The minimum Gasteiger partial charge on any atom is -0.333 e. The van der Waals surface area contributed by atoms with Crippen LogP contribution >= 0.6 is 11.6 Å². The van der Waals surface area contributed by atoms with Gasteiger partial charge >= 0.3 is 0 Å². The molecule has 1 atom stereocenters. The second kappa shape index (κ2) is 7.82. The fraction of sp³-hybridized carbons (Fsp3) is 0.350. The monoisotopic (exact) mass is 342 g/mol. The first-order valence-electron chi connectivity index (χ1n) is 8.41. The number of aryl methyl sites for hydroxylation is 1. The Labute approximate surface area is 148 Å². The van der Waals surface area contributed by atoms with Gasteiger partial charge in [-0.05, 0) is 36.7 Å². The average Bonchev–Trinajstić information content (AvgIpc) is 2.61. The van der Waals surface area contributed by atoms with Crippen LogP contribution < -0.4 is 0 Å². The molecule has 2 aromatic carbocycles. The minimum atomic E-state index is 0.141. The predicted molar refractivity (Wildman–Crippen MR) is 98.2 cm³/mol. The second-order valence-corrected chi connectivity index (χ2v) is 6.84. The lowest BCUT2D eigenvalue weighted by atomic mass is 10.0. The van der Waals surface area contributed by atoms with E-state index in [4.69, 9.17) is 11.6 Å². The van der Waals surface area contributed by atoms with Gasteiger partial charge in [0.25, 0.3) is 0 Å². The Morgan fingerprint density at radius 3 is 2.50 bits per heavy atom. The largest absolute Gasteiger partial charge is 0.333 e. The lowest BCUT2D eigenvalue weighted by molar-refractivity contribution is -0.136. The van der Waals surface area contributed by atoms with Gasteiger partial charge in [0.1, 0.15) is 0 Å². The van der Waals surface area contributed by atoms with Crippen molar-refractivity contribution in [2.75, 3.05) is 26.7 Å². The smallest absolute Gasteiger partial charge is 0.223 e. The van der Waals surface area contributed by atoms with Crippen LogP contribution in [0.2, 0.25) is 5.02 Å². The van der Waals surface area contributed by atoms with E-state index < -0.39 is 0 Å². The van der Waals surface area contributed by atoms with E-state index in [1.807, 2.05) is 47.4 Å². The summed E-state index contributed by atoms with van der Waals surface area (Å²) in [6, 6.07) is 18.2. The Hall–Kier alpha value is -1.84. The molecule has 1 aliphatic rings. The molecule has 126 valence electrons. The quantitative estimate of drug-likeness (QED) is 0.844. The number of benzene rings is 2. The molecular weight excluding hydrogens is 320 g/mol. The molecule has 0 aromatic heterocycles. The van der Waals surface area contributed by atoms with Gasteiger partial charge in [-0.3, -0.25) is 4.79 Å². The lowest BCUT2D eigenvalue weighted by Gasteiger charge is -2.40. The summed E-state index contributed by atoms with van der Waals surface area (Å²) in [4.78, 5) is 17.1. The van der Waals surface area contributed by atoms with Crippen molar-refractivity contribution >= 4 is 17.5 Å². The summed E-state index contributed by atoms with van der Waals surface area (Å²) < 4.78 is 0. The molecule has 1 aliphatic heterocycles. The third-order valence-corrected chi connectivity index (χ3v) is 4.88. The number of carbonyl (C=O) groups is 1. The highest BCUT2D eigenvalue weighted by Crippen LogP contribution is 2.25. The topological polar surface area (TPSA) is 23.6 Å². The number of hydrogen-bond acceptors (Lipinski definition) is 2. The van der Waals surface area contributed by atoms with E-state index in [0.717, 1.165) is 36.6 Å². The van der Waals surface area contributed by atoms with E-state index in [2.05, 4.69) is 24.1 Å². The number of hydrogen-bond donors (Lipinski definition) is 0. The van der Waals surface area contributed by atoms with Gasteiger partial charge in [-0.1, -0.05) is 54.1 Å². The molecule has 0 radical (unpaired) electrons. The molecule has 2 aromatic rings. The standard InChI is InChI=1S/C20H23ClN2O/c1-22-13-14-23(19(15-22)17-5-3-2-4-6-17)20(24)12-9-16-7-10-18(21)11-8-16/h2-8,10-11,19H,9,12-15H2,1H3. The number of amides is 1. The number of carbonyl (C=O) groups excluding carboxylic acids is 1. The third kappa shape index (κ3) is 4.16. The molecule has 1 heterocycles. The maximum absolute atomic E-state index is 12.8. The normalized spacial score (nSPS) is 18.6. The van der Waals surface area contributed by atoms with Gasteiger partial charge in [-0.25, -0.2) is 0 Å². The average molecular weight is 343 g/mol. The van der Waals surface area contributed by atoms with Crippen LogP contribution in [0.5, 0.6) is 0 Å². The molecule has 1 unspecified atom stereocenters. The number of nitrogens with zero attached hydrogens (tertiary/aromatic N) is 2. The summed E-state index contributed by atoms with van der Waals surface area (Å²) in [5, 5.41) is 0.730. The first kappa shape index (κ1) is 17.0. The summed E-state index contributed by atoms with van der Waals surface area (Å²) >= 11 is 5.92. The molecule has 0 N–H and O–H groups in total. The van der Waals surface area contributed by atoms with Gasteiger partial charge in [0.05, 0.1) is 6.04 Å². The second-order valence-electron chi connectivity index (χ2n) is 6.40. The SMILES string of the molecule is CN1CCN(C(=O)CCc2ccc(Cl)cc2)C(c2ccccc2)C1. The lowest BCUT2D eigenvalue weighted by Crippen LogP contribution is -2.49. The van der Waals surface area contributed by atoms with E-state index in [9.17, 15) is 4.79 Å². The van der Waals surface area contributed by atoms with Gasteiger partial charge in [-0.2, -0.15) is 0 Å². The molecule has 1 fully saturated rings. The zero-order valence-corrected chi connectivity index (χ0v) is 14.7. The Balaban J connectivity index is 1.68. The van der Waals surface area contributed by atoms with Crippen molar-refractivity contribution in [1.82, 2.24) is 9.80 Å². The zero-order chi connectivity index (χ0) is 16.9. The Morgan fingerprint density at radius 2 is 1.79 bits per heavy atom. The number of likely N-dealkylation sites (N-methyl/N-ethyl adjacent to an activating group) is 1. The summed E-state index contributed by atoms with van der Waals surface area (Å²) in [6.45, 7) is 2.60. The highest BCUT2D eigenvalue weighted by atomic mass is 35.5. The van der Waals surface area contributed by atoms with E-state index in [0.29, 0.717) is 6.42 Å². The number of halogens is 1. The minimum absolute atomic E-state index is 0.141. The maximum Gasteiger partial charge on any atom is 0.223 e. The summed E-state index contributed by atoms with van der Waals surface area (Å²) in [5.41, 5.74) is 2.36. The summed E-state index contributed by atoms with van der Waals surface area (Å²) in [5.74, 6) is 0.229. The van der Waals surface area contributed by atoms with Crippen LogP contribution in [0.3, 0.4) is 0 Å². The first-order chi connectivity index (χ1) is 11.6. The van der Waals surface area contributed by atoms with Crippen molar-refractivity contribution < 1.29 is 4.79 Å². The van der Waals surface area contributed by atoms with Crippen molar-refractivity contribution in [1.29, 1.82) is 0 Å².